The van der Waals surface area contributed by atoms with Gasteiger partial charge in [0.15, 0.2) is 5.76 Å². The first kappa shape index (κ1) is 7.05. The molecule has 1 aliphatic rings. The van der Waals surface area contributed by atoms with Crippen LogP contribution in [0.25, 0.3) is 0 Å². The third-order valence-corrected chi connectivity index (χ3v) is 1.33. The molecule has 0 atom stereocenters. The van der Waals surface area contributed by atoms with E-state index >= 15 is 0 Å². The third-order valence-electron chi connectivity index (χ3n) is 1.33. The van der Waals surface area contributed by atoms with Gasteiger partial charge < -0.3 is 10.5 Å². The zero-order valence-corrected chi connectivity index (χ0v) is 5.48. The highest BCUT2D eigenvalue weighted by molar-refractivity contribution is 5.88. The summed E-state index contributed by atoms with van der Waals surface area (Å²) in [5.74, 6) is -1.15. The number of halogens is 1. The van der Waals surface area contributed by atoms with Crippen LogP contribution in [0.3, 0.4) is 0 Å². The second-order valence-corrected chi connectivity index (χ2v) is 2.12. The molecule has 1 heterocycles. The Kier molecular flexibility index (Phi) is 1.89. The van der Waals surface area contributed by atoms with E-state index in [9.17, 15) is 4.39 Å². The molecule has 0 aliphatic carbocycles. The van der Waals surface area contributed by atoms with Gasteiger partial charge in [0.05, 0.1) is 12.3 Å². The Hall–Kier alpha value is -1.06. The highest BCUT2D eigenvalue weighted by Gasteiger charge is 2.14. The van der Waals surface area contributed by atoms with Crippen LogP contribution in [0.15, 0.2) is 11.5 Å². The molecule has 0 radical (unpaired) electrons. The Morgan fingerprint density at radius 2 is 2.40 bits per heavy atom. The molecule has 56 valence electrons. The molecule has 4 heteroatoms. The summed E-state index contributed by atoms with van der Waals surface area (Å²) in [7, 11) is 0. The van der Waals surface area contributed by atoms with Gasteiger partial charge in [-0.3, -0.25) is 5.41 Å². The van der Waals surface area contributed by atoms with Crippen LogP contribution in [0.5, 0.6) is 0 Å². The number of nitrogens with one attached hydrogen (secondary N) is 1. The lowest BCUT2D eigenvalue weighted by molar-refractivity contribution is 0.201. The molecule has 3 nitrogen and oxygen atoms in total. The van der Waals surface area contributed by atoms with Gasteiger partial charge in [-0.05, 0) is 12.8 Å². The molecule has 0 amide bonds. The molecule has 0 aromatic rings. The van der Waals surface area contributed by atoms with E-state index in [1.807, 2.05) is 0 Å². The van der Waals surface area contributed by atoms with Crippen molar-refractivity contribution >= 4 is 5.97 Å². The van der Waals surface area contributed by atoms with E-state index in [1.54, 1.807) is 0 Å². The van der Waals surface area contributed by atoms with E-state index in [0.717, 1.165) is 6.42 Å². The quantitative estimate of drug-likeness (QED) is 0.537. The van der Waals surface area contributed by atoms with E-state index in [2.05, 4.69) is 0 Å². The van der Waals surface area contributed by atoms with Gasteiger partial charge in [0.25, 0.3) is 0 Å². The fraction of sp³-hybridized carbons (Fsp3) is 0.500. The zero-order valence-electron chi connectivity index (χ0n) is 5.48. The zero-order chi connectivity index (χ0) is 7.56. The van der Waals surface area contributed by atoms with Gasteiger partial charge in [0, 0.05) is 0 Å². The average Bonchev–Trinajstić information content (AvgIpc) is 1.88. The summed E-state index contributed by atoms with van der Waals surface area (Å²) in [4.78, 5) is 0. The molecule has 0 spiro atoms. The lowest BCUT2D eigenvalue weighted by Gasteiger charge is -2.15. The van der Waals surface area contributed by atoms with Crippen LogP contribution < -0.4 is 5.73 Å². The van der Waals surface area contributed by atoms with Crippen molar-refractivity contribution in [1.82, 2.24) is 0 Å². The maximum absolute atomic E-state index is 12.2. The van der Waals surface area contributed by atoms with Gasteiger partial charge in [-0.1, -0.05) is 0 Å². The lowest BCUT2D eigenvalue weighted by Crippen LogP contribution is -2.16. The standard InChI is InChI=1S/C6H9FN2O/c7-6(9)5-4(8)2-1-3-10-5/h9H,1-3,8H2. The summed E-state index contributed by atoms with van der Waals surface area (Å²) in [6.45, 7) is 0.461. The number of rotatable bonds is 1. The molecule has 1 rings (SSSR count). The molecule has 0 unspecified atom stereocenters. The number of hydrogen-bond acceptors (Lipinski definition) is 3. The van der Waals surface area contributed by atoms with Crippen molar-refractivity contribution in [1.29, 1.82) is 5.41 Å². The van der Waals surface area contributed by atoms with Crippen LogP contribution in [0.2, 0.25) is 0 Å². The van der Waals surface area contributed by atoms with Gasteiger partial charge in [-0.25, -0.2) is 0 Å². The summed E-state index contributed by atoms with van der Waals surface area (Å²) in [6.07, 6.45) is 1.43. The summed E-state index contributed by atoms with van der Waals surface area (Å²) in [5, 5.41) is 6.59. The van der Waals surface area contributed by atoms with Crippen molar-refractivity contribution in [2.75, 3.05) is 6.61 Å². The van der Waals surface area contributed by atoms with Gasteiger partial charge >= 0.3 is 0 Å². The molecule has 10 heavy (non-hydrogen) atoms. The molecular formula is C6H9FN2O. The predicted molar refractivity (Wildman–Crippen MR) is 35.2 cm³/mol. The average molecular weight is 144 g/mol. The minimum atomic E-state index is -1.07. The summed E-state index contributed by atoms with van der Waals surface area (Å²) in [6, 6.07) is 0. The lowest BCUT2D eigenvalue weighted by atomic mass is 10.2. The highest BCUT2D eigenvalue weighted by Crippen LogP contribution is 2.15. The van der Waals surface area contributed by atoms with Crippen molar-refractivity contribution in [3.05, 3.63) is 11.5 Å². The van der Waals surface area contributed by atoms with Gasteiger partial charge in [0.2, 0.25) is 5.97 Å². The normalized spacial score (nSPS) is 18.5. The monoisotopic (exact) mass is 144 g/mol. The minimum Gasteiger partial charge on any atom is -0.487 e. The van der Waals surface area contributed by atoms with Crippen LogP contribution in [0, 0.1) is 5.41 Å². The van der Waals surface area contributed by atoms with Crippen LogP contribution >= 0.6 is 0 Å². The molecule has 3 N–H and O–H groups in total. The SMILES string of the molecule is N=C(F)C1=C(N)CCCO1. The smallest absolute Gasteiger partial charge is 0.249 e. The van der Waals surface area contributed by atoms with Crippen molar-refractivity contribution in [3.63, 3.8) is 0 Å². The Balaban J connectivity index is 2.78. The van der Waals surface area contributed by atoms with Crippen molar-refractivity contribution < 1.29 is 9.13 Å². The fourth-order valence-electron chi connectivity index (χ4n) is 0.847. The molecule has 0 saturated heterocycles. The first-order valence-electron chi connectivity index (χ1n) is 3.07. The molecule has 0 fully saturated rings. The van der Waals surface area contributed by atoms with Gasteiger partial charge in [-0.15, -0.1) is 0 Å². The van der Waals surface area contributed by atoms with Crippen molar-refractivity contribution in [2.45, 2.75) is 12.8 Å². The van der Waals surface area contributed by atoms with Crippen LogP contribution in [-0.4, -0.2) is 12.6 Å². The van der Waals surface area contributed by atoms with E-state index in [1.165, 1.54) is 0 Å². The topological polar surface area (TPSA) is 59.1 Å². The molecule has 0 bridgehead atoms. The first-order chi connectivity index (χ1) is 4.72. The van der Waals surface area contributed by atoms with E-state index in [4.69, 9.17) is 15.9 Å². The third kappa shape index (κ3) is 1.26. The van der Waals surface area contributed by atoms with Crippen molar-refractivity contribution in [3.8, 4) is 0 Å². The second kappa shape index (κ2) is 2.68. The van der Waals surface area contributed by atoms with E-state index in [0.29, 0.717) is 18.7 Å². The van der Waals surface area contributed by atoms with Crippen molar-refractivity contribution in [2.24, 2.45) is 5.73 Å². The van der Waals surface area contributed by atoms with Crippen LogP contribution in [-0.2, 0) is 4.74 Å². The largest absolute Gasteiger partial charge is 0.487 e. The highest BCUT2D eigenvalue weighted by atomic mass is 19.1. The number of allylic oxidation sites excluding steroid dienone is 2. The van der Waals surface area contributed by atoms with Crippen LogP contribution in [0.1, 0.15) is 12.8 Å². The van der Waals surface area contributed by atoms with E-state index < -0.39 is 5.97 Å². The molecule has 0 aromatic heterocycles. The summed E-state index contributed by atoms with van der Waals surface area (Å²) >= 11 is 0. The predicted octanol–water partition coefficient (Wildman–Crippen LogP) is 0.914. The van der Waals surface area contributed by atoms with Gasteiger partial charge in [-0.2, -0.15) is 4.39 Å². The Morgan fingerprint density at radius 1 is 1.70 bits per heavy atom. The Morgan fingerprint density at radius 3 is 2.80 bits per heavy atom. The van der Waals surface area contributed by atoms with Gasteiger partial charge in [0.1, 0.15) is 0 Å². The number of nitrogens with two attached hydrogens (primary N) is 1. The molecule has 0 aromatic carbocycles. The van der Waals surface area contributed by atoms with E-state index in [-0.39, 0.29) is 5.76 Å². The molecular weight excluding hydrogens is 135 g/mol. The molecule has 0 saturated carbocycles. The number of hydrogen-bond donors (Lipinski definition) is 2. The second-order valence-electron chi connectivity index (χ2n) is 2.12. The maximum Gasteiger partial charge on any atom is 0.249 e. The fourth-order valence-corrected chi connectivity index (χ4v) is 0.847. The Bertz CT molecular complexity index is 188. The van der Waals surface area contributed by atoms with Crippen LogP contribution in [0.4, 0.5) is 4.39 Å². The summed E-state index contributed by atoms with van der Waals surface area (Å²) < 4.78 is 17.0. The number of ether oxygens (including phenoxy) is 1. The first-order valence-corrected chi connectivity index (χ1v) is 3.07. The molecule has 1 aliphatic heterocycles. The maximum atomic E-state index is 12.2. The minimum absolute atomic E-state index is 0.0775. The Labute approximate surface area is 58.2 Å². The summed E-state index contributed by atoms with van der Waals surface area (Å²) in [5.41, 5.74) is 5.70.